The number of hydrogen-bond donors (Lipinski definition) is 17. The van der Waals surface area contributed by atoms with Gasteiger partial charge in [-0.25, -0.2) is 0 Å². The fraction of sp³-hybridized carbons (Fsp3) is 0.618. The Morgan fingerprint density at radius 2 is 0.885 bits per heavy atom. The zero-order valence-electron chi connectivity index (χ0n) is 50.7. The van der Waals surface area contributed by atoms with Crippen LogP contribution in [0.15, 0.2) is 29.3 Å². The Morgan fingerprint density at radius 1 is 0.483 bits per heavy atom. The number of phenols is 1. The molecule has 13 amide bonds. The number of carbonyl (C=O) groups excluding carboxylic acids is 13. The zero-order valence-corrected chi connectivity index (χ0v) is 50.7. The summed E-state index contributed by atoms with van der Waals surface area (Å²) >= 11 is 0. The summed E-state index contributed by atoms with van der Waals surface area (Å²) in [6.45, 7) is 13.5. The van der Waals surface area contributed by atoms with E-state index >= 15 is 0 Å². The van der Waals surface area contributed by atoms with Crippen LogP contribution in [0.2, 0.25) is 0 Å². The van der Waals surface area contributed by atoms with Crippen LogP contribution in [0.1, 0.15) is 132 Å². The number of benzene rings is 1. The van der Waals surface area contributed by atoms with Crippen molar-refractivity contribution >= 4 is 88.7 Å². The maximum atomic E-state index is 14.2. The summed E-state index contributed by atoms with van der Waals surface area (Å²) < 4.78 is 0. The minimum absolute atomic E-state index is 0.0325. The number of primary amides is 3. The SMILES string of the molecule is CC[C@H](C)[C@H](NC(=O)[C@H](CCC(=O)O)NC(=O)[C@H](C)NC(=O)[C@H](CC(C)C)NC(=O)[C@H](CCC(N)=O)NC(=O)[C@H](CCCN=C(N)N)NC(=O)[C@H](C)NC(=O)[C@@H](NC(=O)[C@H](CCC(N)=O)NC(C)=O)C(C)C)C(=O)N[C@@H](Cc1ccc(O)cc1)C(N)=O. The summed E-state index contributed by atoms with van der Waals surface area (Å²) in [4.78, 5) is 188. The average Bonchev–Trinajstić information content (AvgIpc) is 3.55. The van der Waals surface area contributed by atoms with E-state index in [1.807, 2.05) is 0 Å². The molecule has 22 N–H and O–H groups in total. The molecule has 87 heavy (non-hydrogen) atoms. The third-order valence-electron chi connectivity index (χ3n) is 13.5. The van der Waals surface area contributed by atoms with E-state index < -0.39 is 181 Å². The van der Waals surface area contributed by atoms with Crippen LogP contribution in [-0.2, 0) is 73.5 Å². The molecule has 1 aromatic rings. The van der Waals surface area contributed by atoms with Gasteiger partial charge in [0.25, 0.3) is 0 Å². The lowest BCUT2D eigenvalue weighted by molar-refractivity contribution is -0.139. The van der Waals surface area contributed by atoms with Crippen LogP contribution in [0.3, 0.4) is 0 Å². The summed E-state index contributed by atoms with van der Waals surface area (Å²) in [5.41, 5.74) is 27.8. The van der Waals surface area contributed by atoms with Gasteiger partial charge in [-0.15, -0.1) is 0 Å². The number of phenolic OH excluding ortho intramolecular Hbond substituents is 1. The van der Waals surface area contributed by atoms with Gasteiger partial charge in [0.05, 0.1) is 0 Å². The minimum Gasteiger partial charge on any atom is -0.508 e. The molecule has 0 aromatic heterocycles. The van der Waals surface area contributed by atoms with Gasteiger partial charge in [-0.05, 0) is 87.8 Å². The fourth-order valence-corrected chi connectivity index (χ4v) is 8.35. The first-order chi connectivity index (χ1) is 40.6. The molecule has 0 saturated carbocycles. The van der Waals surface area contributed by atoms with Crippen molar-refractivity contribution in [1.29, 1.82) is 0 Å². The molecule has 0 radical (unpaired) electrons. The number of aliphatic imine (C=N–C) groups is 1. The monoisotopic (exact) mass is 1230 g/mol. The number of rotatable bonds is 40. The summed E-state index contributed by atoms with van der Waals surface area (Å²) in [5.74, 6) is -14.6. The molecule has 0 heterocycles. The number of hydrogen-bond acceptors (Lipinski definition) is 16. The van der Waals surface area contributed by atoms with E-state index in [4.69, 9.17) is 28.7 Å². The highest BCUT2D eigenvalue weighted by Gasteiger charge is 2.36. The molecule has 1 aromatic carbocycles. The van der Waals surface area contributed by atoms with Crippen LogP contribution >= 0.6 is 0 Å². The summed E-state index contributed by atoms with van der Waals surface area (Å²) in [6, 6.07) is -8.33. The third kappa shape index (κ3) is 29.5. The average molecular weight is 1230 g/mol. The number of aromatic hydroxyl groups is 1. The molecule has 1 rings (SSSR count). The normalized spacial score (nSPS) is 14.8. The van der Waals surface area contributed by atoms with Gasteiger partial charge in [0.15, 0.2) is 5.96 Å². The van der Waals surface area contributed by atoms with E-state index in [0.29, 0.717) is 12.0 Å². The van der Waals surface area contributed by atoms with Gasteiger partial charge in [0.1, 0.15) is 66.2 Å². The lowest BCUT2D eigenvalue weighted by atomic mass is 9.96. The van der Waals surface area contributed by atoms with E-state index in [2.05, 4.69) is 58.2 Å². The molecule has 0 bridgehead atoms. The van der Waals surface area contributed by atoms with Crippen LogP contribution in [0.5, 0.6) is 5.75 Å². The van der Waals surface area contributed by atoms with Gasteiger partial charge in [0.2, 0.25) is 76.8 Å². The van der Waals surface area contributed by atoms with Crippen molar-refractivity contribution in [2.45, 2.75) is 193 Å². The highest BCUT2D eigenvalue weighted by molar-refractivity contribution is 5.99. The van der Waals surface area contributed by atoms with Crippen molar-refractivity contribution < 1.29 is 77.3 Å². The molecule has 486 valence electrons. The number of nitrogens with two attached hydrogens (primary N) is 5. The van der Waals surface area contributed by atoms with E-state index in [1.54, 1.807) is 41.5 Å². The van der Waals surface area contributed by atoms with Crippen molar-refractivity contribution in [3.05, 3.63) is 29.8 Å². The predicted octanol–water partition coefficient (Wildman–Crippen LogP) is -4.47. The van der Waals surface area contributed by atoms with Crippen molar-refractivity contribution in [3.8, 4) is 5.75 Å². The maximum absolute atomic E-state index is 14.2. The van der Waals surface area contributed by atoms with Gasteiger partial charge in [-0.1, -0.05) is 60.1 Å². The molecule has 0 saturated heterocycles. The number of nitrogens with zero attached hydrogens (tertiary/aromatic N) is 1. The van der Waals surface area contributed by atoms with Gasteiger partial charge >= 0.3 is 5.97 Å². The van der Waals surface area contributed by atoms with Crippen LogP contribution in [-0.4, -0.2) is 166 Å². The van der Waals surface area contributed by atoms with Crippen LogP contribution in [0.4, 0.5) is 0 Å². The first kappa shape index (κ1) is 75.9. The number of carboxylic acid groups (broad SMARTS) is 1. The topological polar surface area (TPSA) is 542 Å². The highest BCUT2D eigenvalue weighted by Crippen LogP contribution is 2.15. The molecule has 0 fully saturated rings. The standard InChI is InChI=1S/C55H90N16O16/c1-10-28(6)44(54(87)68-38(45(58)78)25-32-13-15-33(73)16-14-32)71-51(84)37(19-22-42(76)77)66-46(79)29(7)62-52(85)39(24-26(2)3)69-49(82)36(18-21-41(57)75)67-48(81)34(12-11-23-61-55(59)60)65-47(80)30(8)63-53(86)43(27(4)5)70-50(83)35(64-31(9)72)17-20-40(56)74/h13-16,26-30,34-39,43-44,73H,10-12,17-25H2,1-9H3,(H2,56,74)(H2,57,75)(H2,58,78)(H,62,85)(H,63,86)(H,64,72)(H,65,80)(H,66,79)(H,67,81)(H,68,87)(H,69,82)(H,70,83)(H,71,84)(H,76,77)(H4,59,60,61)/t28-,29-,30-,34-,35-,36-,37-,38-,39-,43-,44-/m0/s1. The number of amides is 13. The first-order valence-corrected chi connectivity index (χ1v) is 28.5. The van der Waals surface area contributed by atoms with Crippen LogP contribution in [0, 0.1) is 17.8 Å². The van der Waals surface area contributed by atoms with E-state index in [9.17, 15) is 77.3 Å². The Bertz CT molecular complexity index is 2610. The largest absolute Gasteiger partial charge is 0.508 e. The van der Waals surface area contributed by atoms with Gasteiger partial charge in [-0.2, -0.15) is 0 Å². The molecule has 11 atom stereocenters. The number of carbonyl (C=O) groups is 14. The van der Waals surface area contributed by atoms with Crippen molar-refractivity contribution in [2.75, 3.05) is 6.54 Å². The molecule has 32 nitrogen and oxygen atoms in total. The Balaban J connectivity index is 3.44. The summed E-state index contributed by atoms with van der Waals surface area (Å²) in [6.07, 6.45) is -2.40. The number of guanidine groups is 1. The molecule has 0 spiro atoms. The first-order valence-electron chi connectivity index (χ1n) is 28.5. The van der Waals surface area contributed by atoms with Crippen molar-refractivity contribution in [1.82, 2.24) is 53.2 Å². The molecule has 32 heteroatoms. The quantitative estimate of drug-likeness (QED) is 0.0167. The van der Waals surface area contributed by atoms with Gasteiger partial charge in [0, 0.05) is 39.2 Å². The Labute approximate surface area is 504 Å². The predicted molar refractivity (Wildman–Crippen MR) is 315 cm³/mol. The molecular weight excluding hydrogens is 1140 g/mol. The second-order valence-corrected chi connectivity index (χ2v) is 21.9. The van der Waals surface area contributed by atoms with Crippen molar-refractivity contribution in [3.63, 3.8) is 0 Å². The molecular formula is C55H90N16O16. The summed E-state index contributed by atoms with van der Waals surface area (Å²) in [5, 5.41) is 44.1. The van der Waals surface area contributed by atoms with Crippen molar-refractivity contribution in [2.24, 2.45) is 51.4 Å². The maximum Gasteiger partial charge on any atom is 0.303 e. The smallest absolute Gasteiger partial charge is 0.303 e. The van der Waals surface area contributed by atoms with Crippen LogP contribution < -0.4 is 81.8 Å². The second kappa shape index (κ2) is 38.0. The minimum atomic E-state index is -1.61. The summed E-state index contributed by atoms with van der Waals surface area (Å²) in [7, 11) is 0. The zero-order chi connectivity index (χ0) is 66.4. The molecule has 0 aliphatic heterocycles. The Kier molecular flexibility index (Phi) is 33.2. The molecule has 0 aliphatic carbocycles. The number of aliphatic carboxylic acids is 1. The fourth-order valence-electron chi connectivity index (χ4n) is 8.35. The van der Waals surface area contributed by atoms with E-state index in [0.717, 1.165) is 6.92 Å². The molecule has 0 aliphatic rings. The third-order valence-corrected chi connectivity index (χ3v) is 13.5. The second-order valence-electron chi connectivity index (χ2n) is 21.9. The van der Waals surface area contributed by atoms with Gasteiger partial charge in [-0.3, -0.25) is 72.1 Å². The number of carboxylic acids is 1. The number of nitrogens with one attached hydrogen (secondary N) is 10. The van der Waals surface area contributed by atoms with E-state index in [1.165, 1.54) is 38.1 Å². The molecule has 0 unspecified atom stereocenters. The lowest BCUT2D eigenvalue weighted by Gasteiger charge is -2.29. The Hall–Kier alpha value is -9.13. The Morgan fingerprint density at radius 3 is 1.32 bits per heavy atom. The van der Waals surface area contributed by atoms with E-state index in [-0.39, 0.29) is 62.7 Å². The lowest BCUT2D eigenvalue weighted by Crippen LogP contribution is -2.61. The van der Waals surface area contributed by atoms with Gasteiger partial charge < -0.3 is 92.0 Å². The highest BCUT2D eigenvalue weighted by atomic mass is 16.4. The van der Waals surface area contributed by atoms with Crippen LogP contribution in [0.25, 0.3) is 0 Å².